The molecule has 0 saturated carbocycles. The zero-order valence-electron chi connectivity index (χ0n) is 9.85. The second kappa shape index (κ2) is 5.78. The molecular formula is C14H9BrCl2F2. The van der Waals surface area contributed by atoms with Crippen molar-refractivity contribution in [2.24, 2.45) is 0 Å². The fourth-order valence-corrected chi connectivity index (χ4v) is 2.97. The van der Waals surface area contributed by atoms with E-state index in [4.69, 9.17) is 23.2 Å². The van der Waals surface area contributed by atoms with Gasteiger partial charge >= 0.3 is 0 Å². The van der Waals surface area contributed by atoms with Crippen molar-refractivity contribution in [1.82, 2.24) is 0 Å². The van der Waals surface area contributed by atoms with Crippen molar-refractivity contribution in [3.05, 3.63) is 68.7 Å². The Hall–Kier alpha value is -0.640. The Morgan fingerprint density at radius 3 is 2.32 bits per heavy atom. The van der Waals surface area contributed by atoms with Gasteiger partial charge in [0.15, 0.2) is 0 Å². The number of hydrogen-bond acceptors (Lipinski definition) is 0. The number of benzene rings is 2. The molecule has 0 aliphatic heterocycles. The first-order valence-corrected chi connectivity index (χ1v) is 7.12. The van der Waals surface area contributed by atoms with Crippen LogP contribution < -0.4 is 0 Å². The summed E-state index contributed by atoms with van der Waals surface area (Å²) in [4.78, 5) is -0.280. The molecule has 2 aromatic rings. The summed E-state index contributed by atoms with van der Waals surface area (Å²) in [5.41, 5.74) is 1.96. The van der Waals surface area contributed by atoms with Gasteiger partial charge in [0.1, 0.15) is 11.6 Å². The van der Waals surface area contributed by atoms with Crippen molar-refractivity contribution in [2.45, 2.75) is 11.8 Å². The summed E-state index contributed by atoms with van der Waals surface area (Å²) >= 11 is 15.3. The molecule has 0 aromatic heterocycles. The lowest BCUT2D eigenvalue weighted by molar-refractivity contribution is 0.618. The molecular weight excluding hydrogens is 357 g/mol. The maximum Gasteiger partial charge on any atom is 0.141 e. The Bertz CT molecular complexity index is 629. The molecule has 0 radical (unpaired) electrons. The van der Waals surface area contributed by atoms with Gasteiger partial charge in [-0.25, -0.2) is 8.78 Å². The number of halogens is 5. The molecule has 0 nitrogen and oxygen atoms in total. The molecule has 1 unspecified atom stereocenters. The van der Waals surface area contributed by atoms with E-state index < -0.39 is 5.82 Å². The monoisotopic (exact) mass is 364 g/mol. The third kappa shape index (κ3) is 3.10. The Morgan fingerprint density at radius 2 is 1.68 bits per heavy atom. The van der Waals surface area contributed by atoms with Crippen molar-refractivity contribution in [1.29, 1.82) is 0 Å². The van der Waals surface area contributed by atoms with Crippen LogP contribution in [0.4, 0.5) is 8.78 Å². The van der Waals surface area contributed by atoms with Crippen LogP contribution in [-0.2, 0) is 0 Å². The van der Waals surface area contributed by atoms with E-state index >= 15 is 0 Å². The summed E-state index contributed by atoms with van der Waals surface area (Å²) in [7, 11) is 0. The van der Waals surface area contributed by atoms with Crippen LogP contribution in [0.1, 0.15) is 21.5 Å². The highest BCUT2D eigenvalue weighted by Crippen LogP contribution is 2.37. The summed E-state index contributed by atoms with van der Waals surface area (Å²) in [5.74, 6) is -0.836. The highest BCUT2D eigenvalue weighted by molar-refractivity contribution is 9.09. The Morgan fingerprint density at radius 1 is 1.00 bits per heavy atom. The topological polar surface area (TPSA) is 0 Å². The van der Waals surface area contributed by atoms with Crippen LogP contribution in [-0.4, -0.2) is 0 Å². The standard InChI is InChI=1S/C14H9BrCl2F2/c1-7-4-9(10(16)6-13(7)19)14(15)8-2-3-12(18)11(17)5-8/h2-6,14H,1H3. The quantitative estimate of drug-likeness (QED) is 0.567. The van der Waals surface area contributed by atoms with Gasteiger partial charge in [-0.15, -0.1) is 0 Å². The summed E-state index contributed by atoms with van der Waals surface area (Å²) in [5, 5.41) is 0.349. The van der Waals surface area contributed by atoms with Crippen molar-refractivity contribution in [3.8, 4) is 0 Å². The van der Waals surface area contributed by atoms with Gasteiger partial charge in [-0.1, -0.05) is 51.3 Å². The average Bonchev–Trinajstić information content (AvgIpc) is 2.36. The van der Waals surface area contributed by atoms with Crippen LogP contribution in [0.2, 0.25) is 10.0 Å². The van der Waals surface area contributed by atoms with E-state index in [1.807, 2.05) is 0 Å². The lowest BCUT2D eigenvalue weighted by Gasteiger charge is -2.14. The van der Waals surface area contributed by atoms with Crippen molar-refractivity contribution >= 4 is 39.1 Å². The molecule has 0 heterocycles. The van der Waals surface area contributed by atoms with E-state index in [-0.39, 0.29) is 15.7 Å². The minimum Gasteiger partial charge on any atom is -0.207 e. The summed E-state index contributed by atoms with van der Waals surface area (Å²) in [6.07, 6.45) is 0. The Labute approximate surface area is 128 Å². The number of aryl methyl sites for hydroxylation is 1. The first-order valence-electron chi connectivity index (χ1n) is 5.44. The van der Waals surface area contributed by atoms with E-state index in [1.165, 1.54) is 18.2 Å². The van der Waals surface area contributed by atoms with Gasteiger partial charge in [0.05, 0.1) is 9.85 Å². The predicted octanol–water partition coefficient (Wildman–Crippen LogP) is 6.06. The van der Waals surface area contributed by atoms with Crippen LogP contribution >= 0.6 is 39.1 Å². The molecule has 100 valence electrons. The zero-order chi connectivity index (χ0) is 14.2. The smallest absolute Gasteiger partial charge is 0.141 e. The number of alkyl halides is 1. The Balaban J connectivity index is 2.46. The molecule has 1 atom stereocenters. The molecule has 0 amide bonds. The molecule has 2 aromatic carbocycles. The highest BCUT2D eigenvalue weighted by Gasteiger charge is 2.17. The second-order valence-corrected chi connectivity index (χ2v) is 5.89. The molecule has 0 spiro atoms. The predicted molar refractivity (Wildman–Crippen MR) is 78.3 cm³/mol. The van der Waals surface area contributed by atoms with Crippen LogP contribution in [0.3, 0.4) is 0 Å². The second-order valence-electron chi connectivity index (χ2n) is 4.16. The molecule has 0 N–H and O–H groups in total. The summed E-state index contributed by atoms with van der Waals surface area (Å²) in [6, 6.07) is 7.34. The minimum absolute atomic E-state index is 0.0388. The fraction of sp³-hybridized carbons (Fsp3) is 0.143. The third-order valence-electron chi connectivity index (χ3n) is 2.79. The average molecular weight is 366 g/mol. The third-order valence-corrected chi connectivity index (χ3v) is 4.43. The van der Waals surface area contributed by atoms with Crippen LogP contribution in [0.25, 0.3) is 0 Å². The van der Waals surface area contributed by atoms with Gasteiger partial charge < -0.3 is 0 Å². The van der Waals surface area contributed by atoms with Gasteiger partial charge in [-0.2, -0.15) is 0 Å². The first-order chi connectivity index (χ1) is 8.90. The lowest BCUT2D eigenvalue weighted by atomic mass is 10.0. The molecule has 19 heavy (non-hydrogen) atoms. The van der Waals surface area contributed by atoms with Gasteiger partial charge in [0, 0.05) is 5.02 Å². The molecule has 0 saturated heterocycles. The van der Waals surface area contributed by atoms with E-state index in [0.29, 0.717) is 16.1 Å². The Kier molecular flexibility index (Phi) is 4.49. The molecule has 5 heteroatoms. The van der Waals surface area contributed by atoms with Gasteiger partial charge in [-0.05, 0) is 41.8 Å². The zero-order valence-corrected chi connectivity index (χ0v) is 13.0. The van der Waals surface area contributed by atoms with Gasteiger partial charge in [0.25, 0.3) is 0 Å². The van der Waals surface area contributed by atoms with Crippen LogP contribution in [0.5, 0.6) is 0 Å². The summed E-state index contributed by atoms with van der Waals surface area (Å²) in [6.45, 7) is 1.66. The normalized spacial score (nSPS) is 12.5. The van der Waals surface area contributed by atoms with Crippen molar-refractivity contribution in [2.75, 3.05) is 0 Å². The maximum absolute atomic E-state index is 13.4. The van der Waals surface area contributed by atoms with E-state index in [9.17, 15) is 8.78 Å². The molecule has 0 fully saturated rings. The molecule has 0 aliphatic rings. The van der Waals surface area contributed by atoms with E-state index in [0.717, 1.165) is 5.56 Å². The maximum atomic E-state index is 13.4. The molecule has 0 bridgehead atoms. The largest absolute Gasteiger partial charge is 0.207 e. The SMILES string of the molecule is Cc1cc(C(Br)c2ccc(F)c(Cl)c2)c(Cl)cc1F. The fourth-order valence-electron chi connectivity index (χ4n) is 1.72. The number of rotatable bonds is 2. The van der Waals surface area contributed by atoms with E-state index in [1.54, 1.807) is 19.1 Å². The van der Waals surface area contributed by atoms with Gasteiger partial charge in [-0.3, -0.25) is 0 Å². The minimum atomic E-state index is -0.480. The van der Waals surface area contributed by atoms with E-state index in [2.05, 4.69) is 15.9 Å². The first kappa shape index (κ1) is 14.8. The number of hydrogen-bond donors (Lipinski definition) is 0. The van der Waals surface area contributed by atoms with Crippen LogP contribution in [0.15, 0.2) is 30.3 Å². The van der Waals surface area contributed by atoms with Crippen LogP contribution in [0, 0.1) is 18.6 Å². The lowest BCUT2D eigenvalue weighted by Crippen LogP contribution is -1.97. The van der Waals surface area contributed by atoms with Crippen molar-refractivity contribution in [3.63, 3.8) is 0 Å². The molecule has 0 aliphatic carbocycles. The van der Waals surface area contributed by atoms with Crippen molar-refractivity contribution < 1.29 is 8.78 Å². The molecule has 2 rings (SSSR count). The van der Waals surface area contributed by atoms with Gasteiger partial charge in [0.2, 0.25) is 0 Å². The highest BCUT2D eigenvalue weighted by atomic mass is 79.9. The summed E-state index contributed by atoms with van der Waals surface area (Å²) < 4.78 is 26.5.